The van der Waals surface area contributed by atoms with Gasteiger partial charge in [0.2, 0.25) is 0 Å². The van der Waals surface area contributed by atoms with E-state index in [4.69, 9.17) is 9.47 Å². The zero-order valence-corrected chi connectivity index (χ0v) is 30.1. The summed E-state index contributed by atoms with van der Waals surface area (Å²) in [5, 5.41) is 0. The zero-order chi connectivity index (χ0) is 32.2. The molecule has 0 aromatic heterocycles. The van der Waals surface area contributed by atoms with Gasteiger partial charge in [-0.3, -0.25) is 4.79 Å². The summed E-state index contributed by atoms with van der Waals surface area (Å²) in [4.78, 5) is 24.0. The highest BCUT2D eigenvalue weighted by Gasteiger charge is 2.12. The molecule has 0 aliphatic rings. The highest BCUT2D eigenvalue weighted by atomic mass is 16.5. The lowest BCUT2D eigenvalue weighted by Gasteiger charge is -2.17. The molecular weight excluding hydrogens is 534 g/mol. The van der Waals surface area contributed by atoms with Gasteiger partial charge in [0.15, 0.2) is 0 Å². The standard InChI is InChI=1S/C32H64O3.C6H13NO/c1-5-8-11-13-14-17-21-26-31(34-4)27-22-18-15-16-19-23-28-32(33)35-29-30(24-10-7-3)25-20-12-9-6-2;1-7(2)5-3-4-6-8/h30-31H,5-29H2,1-4H3;6H,3-5H2,1-2H3. The zero-order valence-electron chi connectivity index (χ0n) is 30.1. The van der Waals surface area contributed by atoms with Crippen LogP contribution >= 0.6 is 0 Å². The first-order valence-corrected chi connectivity index (χ1v) is 18.7. The molecule has 0 saturated heterocycles. The van der Waals surface area contributed by atoms with Gasteiger partial charge in [0.25, 0.3) is 0 Å². The van der Waals surface area contributed by atoms with Crippen molar-refractivity contribution in [3.05, 3.63) is 0 Å². The Hall–Kier alpha value is -0.940. The largest absolute Gasteiger partial charge is 0.465 e. The molecule has 0 aliphatic carbocycles. The third kappa shape index (κ3) is 37.2. The van der Waals surface area contributed by atoms with Crippen molar-refractivity contribution in [2.45, 2.75) is 194 Å². The van der Waals surface area contributed by atoms with Gasteiger partial charge < -0.3 is 19.2 Å². The van der Waals surface area contributed by atoms with E-state index >= 15 is 0 Å². The first-order valence-electron chi connectivity index (χ1n) is 18.7. The minimum atomic E-state index is 0.0216. The first-order chi connectivity index (χ1) is 20.9. The maximum absolute atomic E-state index is 12.2. The van der Waals surface area contributed by atoms with Crippen LogP contribution in [0, 0.1) is 5.92 Å². The van der Waals surface area contributed by atoms with Crippen LogP contribution in [0.2, 0.25) is 0 Å². The molecule has 0 fully saturated rings. The summed E-state index contributed by atoms with van der Waals surface area (Å²) in [5.74, 6) is 0.589. The Morgan fingerprint density at radius 2 is 1.09 bits per heavy atom. The van der Waals surface area contributed by atoms with Gasteiger partial charge in [-0.25, -0.2) is 0 Å². The first kappa shape index (κ1) is 44.2. The topological polar surface area (TPSA) is 55.8 Å². The molecule has 0 saturated carbocycles. The van der Waals surface area contributed by atoms with Gasteiger partial charge in [-0.05, 0) is 65.1 Å². The second kappa shape index (κ2) is 37.2. The average molecular weight is 612 g/mol. The Morgan fingerprint density at radius 3 is 1.60 bits per heavy atom. The molecule has 43 heavy (non-hydrogen) atoms. The fraction of sp³-hybridized carbons (Fsp3) is 0.947. The van der Waals surface area contributed by atoms with Crippen LogP contribution in [-0.4, -0.2) is 57.6 Å². The monoisotopic (exact) mass is 612 g/mol. The van der Waals surface area contributed by atoms with Crippen molar-refractivity contribution in [2.24, 2.45) is 5.92 Å². The Bertz CT molecular complexity index is 554. The number of rotatable bonds is 32. The number of ether oxygens (including phenoxy) is 2. The lowest BCUT2D eigenvalue weighted by molar-refractivity contribution is -0.145. The number of esters is 1. The molecule has 2 atom stereocenters. The summed E-state index contributed by atoms with van der Waals surface area (Å²) in [6, 6.07) is 0. The van der Waals surface area contributed by atoms with E-state index in [1.54, 1.807) is 0 Å². The summed E-state index contributed by atoms with van der Waals surface area (Å²) in [6.45, 7) is 8.43. The molecule has 2 unspecified atom stereocenters. The van der Waals surface area contributed by atoms with E-state index in [9.17, 15) is 9.59 Å². The number of hydrogen-bond acceptors (Lipinski definition) is 5. The van der Waals surface area contributed by atoms with Crippen molar-refractivity contribution < 1.29 is 19.1 Å². The maximum atomic E-state index is 12.2. The molecular formula is C38H77NO4. The van der Waals surface area contributed by atoms with Crippen LogP contribution in [0.15, 0.2) is 0 Å². The lowest BCUT2D eigenvalue weighted by atomic mass is 9.96. The van der Waals surface area contributed by atoms with Crippen LogP contribution in [0.4, 0.5) is 0 Å². The van der Waals surface area contributed by atoms with Gasteiger partial charge in [0, 0.05) is 20.0 Å². The number of aldehydes is 1. The van der Waals surface area contributed by atoms with E-state index in [0.29, 0.717) is 31.5 Å². The number of carbonyl (C=O) groups excluding carboxylic acids is 2. The fourth-order valence-electron chi connectivity index (χ4n) is 5.50. The average Bonchev–Trinajstić information content (AvgIpc) is 3.00. The summed E-state index contributed by atoms with van der Waals surface area (Å²) in [7, 11) is 5.89. The summed E-state index contributed by atoms with van der Waals surface area (Å²) in [6.07, 6.45) is 33.0. The second-order valence-electron chi connectivity index (χ2n) is 13.1. The summed E-state index contributed by atoms with van der Waals surface area (Å²) < 4.78 is 11.4. The van der Waals surface area contributed by atoms with Crippen molar-refractivity contribution in [3.63, 3.8) is 0 Å². The van der Waals surface area contributed by atoms with Crippen LogP contribution in [0.3, 0.4) is 0 Å². The number of unbranched alkanes of at least 4 members (excludes halogenated alkanes) is 16. The molecule has 0 spiro atoms. The van der Waals surface area contributed by atoms with Crippen molar-refractivity contribution >= 4 is 12.3 Å². The summed E-state index contributed by atoms with van der Waals surface area (Å²) >= 11 is 0. The molecule has 0 N–H and O–H groups in total. The molecule has 5 heteroatoms. The predicted molar refractivity (Wildman–Crippen MR) is 187 cm³/mol. The number of carbonyl (C=O) groups is 2. The van der Waals surface area contributed by atoms with Crippen LogP contribution in [0.25, 0.3) is 0 Å². The number of nitrogens with zero attached hydrogens (tertiary/aromatic N) is 1. The van der Waals surface area contributed by atoms with Crippen molar-refractivity contribution in [2.75, 3.05) is 34.4 Å². The van der Waals surface area contributed by atoms with Crippen LogP contribution < -0.4 is 0 Å². The molecule has 0 aromatic rings. The van der Waals surface area contributed by atoms with E-state index in [2.05, 4.69) is 25.7 Å². The van der Waals surface area contributed by atoms with Gasteiger partial charge in [-0.1, -0.05) is 136 Å². The quantitative estimate of drug-likeness (QED) is 0.0430. The van der Waals surface area contributed by atoms with Crippen molar-refractivity contribution in [1.82, 2.24) is 4.90 Å². The number of hydrogen-bond donors (Lipinski definition) is 0. The molecule has 0 amide bonds. The molecule has 0 rings (SSSR count). The highest BCUT2D eigenvalue weighted by Crippen LogP contribution is 2.19. The minimum Gasteiger partial charge on any atom is -0.465 e. The van der Waals surface area contributed by atoms with Gasteiger partial charge in [-0.15, -0.1) is 0 Å². The smallest absolute Gasteiger partial charge is 0.305 e. The SMILES string of the molecule is CCCCCCCCCC(CCCCCCCCC(=O)OCC(CCCC)CCCCCC)OC.CN(C)CCCC=O. The molecule has 0 aliphatic heterocycles. The van der Waals surface area contributed by atoms with Crippen LogP contribution in [-0.2, 0) is 19.1 Å². The van der Waals surface area contributed by atoms with Crippen LogP contribution in [0.5, 0.6) is 0 Å². The predicted octanol–water partition coefficient (Wildman–Crippen LogP) is 11.1. The number of methoxy groups -OCH3 is 1. The molecule has 0 bridgehead atoms. The Labute approximate surface area is 270 Å². The lowest BCUT2D eigenvalue weighted by Crippen LogP contribution is -2.14. The minimum absolute atomic E-state index is 0.0216. The Morgan fingerprint density at radius 1 is 0.628 bits per heavy atom. The van der Waals surface area contributed by atoms with Gasteiger partial charge >= 0.3 is 5.97 Å². The van der Waals surface area contributed by atoms with E-state index in [1.165, 1.54) is 135 Å². The van der Waals surface area contributed by atoms with Crippen molar-refractivity contribution in [3.8, 4) is 0 Å². The van der Waals surface area contributed by atoms with E-state index < -0.39 is 0 Å². The van der Waals surface area contributed by atoms with Gasteiger partial charge in [0.1, 0.15) is 6.29 Å². The Kier molecular flexibility index (Phi) is 38.3. The van der Waals surface area contributed by atoms with Gasteiger partial charge in [-0.2, -0.15) is 0 Å². The summed E-state index contributed by atoms with van der Waals surface area (Å²) in [5.41, 5.74) is 0. The van der Waals surface area contributed by atoms with E-state index in [1.807, 2.05) is 21.2 Å². The maximum Gasteiger partial charge on any atom is 0.305 e. The third-order valence-corrected chi connectivity index (χ3v) is 8.46. The molecule has 0 heterocycles. The molecule has 0 radical (unpaired) electrons. The second-order valence-corrected chi connectivity index (χ2v) is 13.1. The van der Waals surface area contributed by atoms with Crippen molar-refractivity contribution in [1.29, 1.82) is 0 Å². The van der Waals surface area contributed by atoms with Crippen LogP contribution in [0.1, 0.15) is 188 Å². The molecule has 5 nitrogen and oxygen atoms in total. The normalized spacial score (nSPS) is 12.5. The van der Waals surface area contributed by atoms with E-state index in [0.717, 1.165) is 32.1 Å². The Balaban J connectivity index is 0. The van der Waals surface area contributed by atoms with E-state index in [-0.39, 0.29) is 5.97 Å². The third-order valence-electron chi connectivity index (χ3n) is 8.46. The van der Waals surface area contributed by atoms with Gasteiger partial charge in [0.05, 0.1) is 12.7 Å². The molecule has 0 aromatic carbocycles. The highest BCUT2D eigenvalue weighted by molar-refractivity contribution is 5.69. The fourth-order valence-corrected chi connectivity index (χ4v) is 5.50. The molecule has 258 valence electrons.